The Hall–Kier alpha value is -1.82. The Labute approximate surface area is 112 Å². The molecule has 0 radical (unpaired) electrons. The minimum absolute atomic E-state index is 0.0598. The lowest BCUT2D eigenvalue weighted by Crippen LogP contribution is -2.06. The molecule has 0 spiro atoms. The topological polar surface area (TPSA) is 64.3 Å². The van der Waals surface area contributed by atoms with Gasteiger partial charge in [0.05, 0.1) is 19.9 Å². The zero-order valence-electron chi connectivity index (χ0n) is 9.63. The smallest absolute Gasteiger partial charge is 0.342 e. The molecule has 0 saturated carbocycles. The molecule has 0 saturated heterocycles. The van der Waals surface area contributed by atoms with E-state index in [9.17, 15) is 4.79 Å². The summed E-state index contributed by atoms with van der Waals surface area (Å²) in [6, 6.07) is 7.68. The molecule has 18 heavy (non-hydrogen) atoms. The van der Waals surface area contributed by atoms with E-state index in [-0.39, 0.29) is 11.4 Å². The van der Waals surface area contributed by atoms with E-state index in [0.29, 0.717) is 6.54 Å². The maximum atomic E-state index is 11.0. The van der Waals surface area contributed by atoms with Crippen LogP contribution in [0.5, 0.6) is 5.88 Å². The first-order valence-corrected chi connectivity index (χ1v) is 5.99. The summed E-state index contributed by atoms with van der Waals surface area (Å²) in [5.41, 5.74) is 1.06. The number of nitrogens with zero attached hydrogens (tertiary/aromatic N) is 2. The molecule has 1 aromatic carbocycles. The van der Waals surface area contributed by atoms with Gasteiger partial charge in [0.2, 0.25) is 5.88 Å². The number of ether oxygens (including phenoxy) is 1. The molecule has 0 aliphatic carbocycles. The second kappa shape index (κ2) is 5.22. The van der Waals surface area contributed by atoms with Crippen LogP contribution in [0.4, 0.5) is 0 Å². The number of aromatic carboxylic acids is 1. The van der Waals surface area contributed by atoms with Crippen molar-refractivity contribution in [2.45, 2.75) is 6.54 Å². The molecular formula is C12H11BrN2O3. The van der Waals surface area contributed by atoms with E-state index in [1.807, 2.05) is 24.3 Å². The van der Waals surface area contributed by atoms with Crippen molar-refractivity contribution in [3.05, 3.63) is 46.1 Å². The fourth-order valence-electron chi connectivity index (χ4n) is 1.64. The third kappa shape index (κ3) is 2.38. The van der Waals surface area contributed by atoms with Gasteiger partial charge in [-0.15, -0.1) is 0 Å². The van der Waals surface area contributed by atoms with Crippen molar-refractivity contribution >= 4 is 21.9 Å². The van der Waals surface area contributed by atoms with Crippen molar-refractivity contribution in [3.63, 3.8) is 0 Å². The number of halogens is 1. The number of benzene rings is 1. The summed E-state index contributed by atoms with van der Waals surface area (Å²) in [4.78, 5) is 11.0. The fraction of sp³-hybridized carbons (Fsp3) is 0.167. The molecule has 1 N–H and O–H groups in total. The SMILES string of the molecule is COc1c(C(=O)O)cnn1Cc1ccccc1Br. The summed E-state index contributed by atoms with van der Waals surface area (Å²) in [6.07, 6.45) is 1.29. The highest BCUT2D eigenvalue weighted by Crippen LogP contribution is 2.22. The molecule has 5 nitrogen and oxygen atoms in total. The lowest BCUT2D eigenvalue weighted by atomic mass is 10.2. The van der Waals surface area contributed by atoms with Crippen molar-refractivity contribution in [3.8, 4) is 5.88 Å². The van der Waals surface area contributed by atoms with Crippen LogP contribution in [0.15, 0.2) is 34.9 Å². The van der Waals surface area contributed by atoms with Crippen molar-refractivity contribution in [2.24, 2.45) is 0 Å². The van der Waals surface area contributed by atoms with Crippen LogP contribution in [-0.2, 0) is 6.54 Å². The number of rotatable bonds is 4. The van der Waals surface area contributed by atoms with E-state index in [4.69, 9.17) is 9.84 Å². The molecule has 0 amide bonds. The molecule has 1 aromatic heterocycles. The number of aromatic nitrogens is 2. The number of carbonyl (C=O) groups is 1. The van der Waals surface area contributed by atoms with Crippen molar-refractivity contribution in [1.29, 1.82) is 0 Å². The quantitative estimate of drug-likeness (QED) is 0.942. The number of methoxy groups -OCH3 is 1. The molecule has 0 atom stereocenters. The summed E-state index contributed by atoms with van der Waals surface area (Å²) in [5, 5.41) is 13.0. The van der Waals surface area contributed by atoms with Crippen molar-refractivity contribution in [1.82, 2.24) is 9.78 Å². The standard InChI is InChI=1S/C12H11BrN2O3/c1-18-11-9(12(16)17)6-14-15(11)7-8-4-2-3-5-10(8)13/h2-6H,7H2,1H3,(H,16,17). The zero-order valence-corrected chi connectivity index (χ0v) is 11.2. The monoisotopic (exact) mass is 310 g/mol. The van der Waals surface area contributed by atoms with E-state index >= 15 is 0 Å². The molecule has 0 aliphatic heterocycles. The van der Waals surface area contributed by atoms with Gasteiger partial charge in [0.25, 0.3) is 0 Å². The summed E-state index contributed by atoms with van der Waals surface area (Å²) in [6.45, 7) is 0.442. The van der Waals surface area contributed by atoms with Gasteiger partial charge in [-0.25, -0.2) is 9.48 Å². The molecule has 6 heteroatoms. The Kier molecular flexibility index (Phi) is 3.66. The van der Waals surface area contributed by atoms with E-state index in [1.54, 1.807) is 0 Å². The van der Waals surface area contributed by atoms with E-state index < -0.39 is 5.97 Å². The van der Waals surface area contributed by atoms with Crippen LogP contribution >= 0.6 is 15.9 Å². The summed E-state index contributed by atoms with van der Waals surface area (Å²) in [7, 11) is 1.43. The maximum absolute atomic E-state index is 11.0. The first-order valence-electron chi connectivity index (χ1n) is 5.20. The van der Waals surface area contributed by atoms with Gasteiger partial charge < -0.3 is 9.84 Å². The van der Waals surface area contributed by atoms with Gasteiger partial charge in [-0.3, -0.25) is 0 Å². The van der Waals surface area contributed by atoms with Crippen molar-refractivity contribution in [2.75, 3.05) is 7.11 Å². The molecule has 2 rings (SSSR count). The van der Waals surface area contributed by atoms with E-state index in [2.05, 4.69) is 21.0 Å². The number of hydrogen-bond donors (Lipinski definition) is 1. The largest absolute Gasteiger partial charge is 0.481 e. The van der Waals surface area contributed by atoms with Crippen LogP contribution in [0, 0.1) is 0 Å². The van der Waals surface area contributed by atoms with Crippen LogP contribution in [0.3, 0.4) is 0 Å². The van der Waals surface area contributed by atoms with Gasteiger partial charge >= 0.3 is 5.97 Å². The van der Waals surface area contributed by atoms with Crippen LogP contribution in [0.2, 0.25) is 0 Å². The summed E-state index contributed by atoms with van der Waals surface area (Å²) in [5.74, 6) is -0.802. The van der Waals surface area contributed by atoms with Gasteiger partial charge in [-0.05, 0) is 11.6 Å². The summed E-state index contributed by atoms with van der Waals surface area (Å²) >= 11 is 3.44. The Balaban J connectivity index is 2.35. The van der Waals surface area contributed by atoms with E-state index in [1.165, 1.54) is 18.0 Å². The molecule has 0 aliphatic rings. The number of carboxylic acids is 1. The minimum atomic E-state index is -1.05. The highest BCUT2D eigenvalue weighted by atomic mass is 79.9. The number of hydrogen-bond acceptors (Lipinski definition) is 3. The van der Waals surface area contributed by atoms with Crippen LogP contribution in [0.1, 0.15) is 15.9 Å². The van der Waals surface area contributed by atoms with Crippen LogP contribution < -0.4 is 4.74 Å². The Morgan fingerprint density at radius 3 is 2.83 bits per heavy atom. The Morgan fingerprint density at radius 2 is 2.22 bits per heavy atom. The predicted octanol–water partition coefficient (Wildman–Crippen LogP) is 2.40. The lowest BCUT2D eigenvalue weighted by Gasteiger charge is -2.08. The Morgan fingerprint density at radius 1 is 1.50 bits per heavy atom. The fourth-order valence-corrected chi connectivity index (χ4v) is 2.05. The Bertz CT molecular complexity index is 580. The average Bonchev–Trinajstić information content (AvgIpc) is 2.75. The van der Waals surface area contributed by atoms with Crippen molar-refractivity contribution < 1.29 is 14.6 Å². The molecular weight excluding hydrogens is 300 g/mol. The third-order valence-electron chi connectivity index (χ3n) is 2.49. The third-order valence-corrected chi connectivity index (χ3v) is 3.27. The molecule has 0 bridgehead atoms. The average molecular weight is 311 g/mol. The molecule has 1 heterocycles. The second-order valence-corrected chi connectivity index (χ2v) is 4.48. The normalized spacial score (nSPS) is 10.3. The van der Waals surface area contributed by atoms with Gasteiger partial charge in [0.15, 0.2) is 0 Å². The number of carboxylic acid groups (broad SMARTS) is 1. The summed E-state index contributed by atoms with van der Waals surface area (Å²) < 4.78 is 7.56. The minimum Gasteiger partial charge on any atom is -0.481 e. The van der Waals surface area contributed by atoms with Crippen LogP contribution in [-0.4, -0.2) is 28.0 Å². The second-order valence-electron chi connectivity index (χ2n) is 3.62. The first kappa shape index (κ1) is 12.6. The first-order chi connectivity index (χ1) is 8.63. The van der Waals surface area contributed by atoms with Gasteiger partial charge in [0, 0.05) is 4.47 Å². The van der Waals surface area contributed by atoms with E-state index in [0.717, 1.165) is 10.0 Å². The lowest BCUT2D eigenvalue weighted by molar-refractivity contribution is 0.0693. The predicted molar refractivity (Wildman–Crippen MR) is 69.0 cm³/mol. The highest BCUT2D eigenvalue weighted by molar-refractivity contribution is 9.10. The zero-order chi connectivity index (χ0) is 13.1. The molecule has 0 fully saturated rings. The maximum Gasteiger partial charge on any atom is 0.342 e. The van der Waals surface area contributed by atoms with Crippen LogP contribution in [0.25, 0.3) is 0 Å². The molecule has 0 unspecified atom stereocenters. The molecule has 94 valence electrons. The van der Waals surface area contributed by atoms with Gasteiger partial charge in [0.1, 0.15) is 5.56 Å². The van der Waals surface area contributed by atoms with Gasteiger partial charge in [-0.2, -0.15) is 5.10 Å². The van der Waals surface area contributed by atoms with Gasteiger partial charge in [-0.1, -0.05) is 34.1 Å². The highest BCUT2D eigenvalue weighted by Gasteiger charge is 2.17. The molecule has 2 aromatic rings.